The van der Waals surface area contributed by atoms with Crippen LogP contribution in [-0.2, 0) is 20.6 Å². The lowest BCUT2D eigenvalue weighted by atomic mass is 9.92. The predicted molar refractivity (Wildman–Crippen MR) is 80.5 cm³/mol. The van der Waals surface area contributed by atoms with Crippen molar-refractivity contribution in [3.8, 4) is 0 Å². The molecule has 1 saturated heterocycles. The molecule has 0 spiro atoms. The van der Waals surface area contributed by atoms with E-state index in [1.165, 1.54) is 12.1 Å². The maximum atomic E-state index is 13.8. The Morgan fingerprint density at radius 2 is 2.14 bits per heavy atom. The van der Waals surface area contributed by atoms with Crippen LogP contribution in [0.5, 0.6) is 0 Å². The molecule has 5 nitrogen and oxygen atoms in total. The molecule has 2 atom stereocenters. The van der Waals surface area contributed by atoms with Crippen LogP contribution in [0.25, 0.3) is 0 Å². The van der Waals surface area contributed by atoms with Gasteiger partial charge in [-0.1, -0.05) is 24.6 Å². The van der Waals surface area contributed by atoms with E-state index in [1.54, 1.807) is 6.92 Å². The van der Waals surface area contributed by atoms with Gasteiger partial charge in [-0.3, -0.25) is 4.79 Å². The molecule has 22 heavy (non-hydrogen) atoms. The first kappa shape index (κ1) is 17.2. The van der Waals surface area contributed by atoms with Crippen molar-refractivity contribution >= 4 is 27.6 Å². The Bertz CT molecular complexity index is 659. The van der Waals surface area contributed by atoms with Gasteiger partial charge in [0, 0.05) is 23.7 Å². The summed E-state index contributed by atoms with van der Waals surface area (Å²) < 4.78 is 39.9. The van der Waals surface area contributed by atoms with E-state index < -0.39 is 33.5 Å². The summed E-state index contributed by atoms with van der Waals surface area (Å²) in [4.78, 5) is 11.1. The molecule has 1 fully saturated rings. The average Bonchev–Trinajstić information content (AvgIpc) is 2.42. The van der Waals surface area contributed by atoms with Gasteiger partial charge in [-0.2, -0.15) is 0 Å². The van der Waals surface area contributed by atoms with E-state index in [4.69, 9.17) is 16.7 Å². The molecule has 0 bridgehead atoms. The lowest BCUT2D eigenvalue weighted by Crippen LogP contribution is -2.45. The molecule has 1 aliphatic rings. The summed E-state index contributed by atoms with van der Waals surface area (Å²) in [6, 6.07) is 3.97. The lowest BCUT2D eigenvalue weighted by molar-refractivity contribution is -0.143. The number of aliphatic carboxylic acids is 1. The number of benzene rings is 1. The quantitative estimate of drug-likeness (QED) is 0.905. The normalized spacial score (nSPS) is 23.4. The molecule has 0 saturated carbocycles. The van der Waals surface area contributed by atoms with Gasteiger partial charge >= 0.3 is 5.97 Å². The van der Waals surface area contributed by atoms with E-state index >= 15 is 0 Å². The van der Waals surface area contributed by atoms with Gasteiger partial charge in [0.15, 0.2) is 0 Å². The van der Waals surface area contributed by atoms with Crippen molar-refractivity contribution < 1.29 is 22.7 Å². The largest absolute Gasteiger partial charge is 0.481 e. The minimum absolute atomic E-state index is 0.0448. The highest BCUT2D eigenvalue weighted by Crippen LogP contribution is 2.28. The Balaban J connectivity index is 2.24. The second-order valence-corrected chi connectivity index (χ2v) is 8.03. The minimum atomic E-state index is -3.84. The van der Waals surface area contributed by atoms with Gasteiger partial charge in [0.05, 0.1) is 11.7 Å². The Labute approximate surface area is 133 Å². The highest BCUT2D eigenvalue weighted by Gasteiger charge is 2.36. The SMILES string of the molecule is CC1CC(C(=O)O)CN(S(=O)(=O)Cc2c(F)cccc2Cl)C1. The average molecular weight is 350 g/mol. The van der Waals surface area contributed by atoms with Crippen LogP contribution in [-0.4, -0.2) is 36.9 Å². The first-order valence-corrected chi connectivity index (χ1v) is 8.83. The number of sulfonamides is 1. The van der Waals surface area contributed by atoms with Gasteiger partial charge in [0.2, 0.25) is 10.0 Å². The molecular formula is C14H17ClFNO4S. The van der Waals surface area contributed by atoms with Crippen LogP contribution in [0, 0.1) is 17.7 Å². The zero-order chi connectivity index (χ0) is 16.5. The van der Waals surface area contributed by atoms with Crippen molar-refractivity contribution in [3.05, 3.63) is 34.6 Å². The Morgan fingerprint density at radius 3 is 2.73 bits per heavy atom. The first-order chi connectivity index (χ1) is 10.2. The van der Waals surface area contributed by atoms with Crippen LogP contribution < -0.4 is 0 Å². The van der Waals surface area contributed by atoms with Crippen LogP contribution >= 0.6 is 11.6 Å². The molecule has 1 N–H and O–H groups in total. The summed E-state index contributed by atoms with van der Waals surface area (Å²) in [5.41, 5.74) is -0.0886. The molecule has 0 aliphatic carbocycles. The van der Waals surface area contributed by atoms with Gasteiger partial charge in [-0.05, 0) is 24.5 Å². The maximum absolute atomic E-state index is 13.8. The highest BCUT2D eigenvalue weighted by molar-refractivity contribution is 7.88. The first-order valence-electron chi connectivity index (χ1n) is 6.84. The van der Waals surface area contributed by atoms with Gasteiger partial charge in [-0.15, -0.1) is 0 Å². The summed E-state index contributed by atoms with van der Waals surface area (Å²) in [6.45, 7) is 1.94. The second-order valence-electron chi connectivity index (χ2n) is 5.65. The number of hydrogen-bond donors (Lipinski definition) is 1. The fourth-order valence-electron chi connectivity index (χ4n) is 2.65. The molecule has 0 aromatic heterocycles. The van der Waals surface area contributed by atoms with Crippen molar-refractivity contribution in [1.82, 2.24) is 4.31 Å². The molecule has 0 amide bonds. The summed E-state index contributed by atoms with van der Waals surface area (Å²) in [5, 5.41) is 9.16. The molecule has 1 heterocycles. The summed E-state index contributed by atoms with van der Waals surface area (Å²) in [5.74, 6) is -3.08. The van der Waals surface area contributed by atoms with Crippen molar-refractivity contribution in [2.75, 3.05) is 13.1 Å². The molecule has 1 aliphatic heterocycles. The van der Waals surface area contributed by atoms with Crippen LogP contribution in [0.4, 0.5) is 4.39 Å². The topological polar surface area (TPSA) is 74.7 Å². The maximum Gasteiger partial charge on any atom is 0.307 e. The highest BCUT2D eigenvalue weighted by atomic mass is 35.5. The van der Waals surface area contributed by atoms with Crippen LogP contribution in [0.2, 0.25) is 5.02 Å². The molecule has 2 unspecified atom stereocenters. The number of nitrogens with zero attached hydrogens (tertiary/aromatic N) is 1. The molecule has 1 aromatic carbocycles. The molecular weight excluding hydrogens is 333 g/mol. The standard InChI is InChI=1S/C14H17ClFNO4S/c1-9-5-10(14(18)19)7-17(6-9)22(20,21)8-11-12(15)3-2-4-13(11)16/h2-4,9-10H,5-8H2,1H3,(H,18,19). The molecule has 122 valence electrons. The lowest BCUT2D eigenvalue weighted by Gasteiger charge is -2.33. The number of rotatable bonds is 4. The minimum Gasteiger partial charge on any atom is -0.481 e. The van der Waals surface area contributed by atoms with Gasteiger partial charge in [0.1, 0.15) is 5.82 Å². The van der Waals surface area contributed by atoms with E-state index in [0.29, 0.717) is 6.42 Å². The van der Waals surface area contributed by atoms with Crippen molar-refractivity contribution in [1.29, 1.82) is 0 Å². The Kier molecular flexibility index (Phi) is 5.09. The predicted octanol–water partition coefficient (Wildman–Crippen LogP) is 2.35. The Hall–Kier alpha value is -1.18. The molecule has 2 rings (SSSR count). The number of halogens is 2. The molecule has 1 aromatic rings. The van der Waals surface area contributed by atoms with E-state index in [2.05, 4.69) is 0 Å². The number of carboxylic acid groups (broad SMARTS) is 1. The Morgan fingerprint density at radius 1 is 1.45 bits per heavy atom. The second kappa shape index (κ2) is 6.52. The number of carboxylic acids is 1. The monoisotopic (exact) mass is 349 g/mol. The van der Waals surface area contributed by atoms with Crippen LogP contribution in [0.1, 0.15) is 18.9 Å². The third-order valence-electron chi connectivity index (χ3n) is 3.76. The fourth-order valence-corrected chi connectivity index (χ4v) is 4.69. The third kappa shape index (κ3) is 3.77. The van der Waals surface area contributed by atoms with Crippen molar-refractivity contribution in [3.63, 3.8) is 0 Å². The van der Waals surface area contributed by atoms with E-state index in [0.717, 1.165) is 10.4 Å². The molecule has 0 radical (unpaired) electrons. The van der Waals surface area contributed by atoms with E-state index in [9.17, 15) is 17.6 Å². The summed E-state index contributed by atoms with van der Waals surface area (Å²) in [7, 11) is -3.84. The van der Waals surface area contributed by atoms with Gasteiger partial charge in [0.25, 0.3) is 0 Å². The zero-order valence-electron chi connectivity index (χ0n) is 12.0. The zero-order valence-corrected chi connectivity index (χ0v) is 13.6. The molecule has 8 heteroatoms. The summed E-state index contributed by atoms with van der Waals surface area (Å²) >= 11 is 5.87. The number of hydrogen-bond acceptors (Lipinski definition) is 3. The van der Waals surface area contributed by atoms with Gasteiger partial charge in [-0.25, -0.2) is 17.1 Å². The smallest absolute Gasteiger partial charge is 0.307 e. The van der Waals surface area contributed by atoms with Crippen molar-refractivity contribution in [2.45, 2.75) is 19.1 Å². The number of carbonyl (C=O) groups is 1. The fraction of sp³-hybridized carbons (Fsp3) is 0.500. The van der Waals surface area contributed by atoms with E-state index in [1.807, 2.05) is 0 Å². The van der Waals surface area contributed by atoms with Crippen LogP contribution in [0.15, 0.2) is 18.2 Å². The van der Waals surface area contributed by atoms with Crippen molar-refractivity contribution in [2.24, 2.45) is 11.8 Å². The summed E-state index contributed by atoms with van der Waals surface area (Å²) in [6.07, 6.45) is 0.432. The van der Waals surface area contributed by atoms with Crippen LogP contribution in [0.3, 0.4) is 0 Å². The van der Waals surface area contributed by atoms with E-state index in [-0.39, 0.29) is 29.6 Å². The number of piperidine rings is 1. The third-order valence-corrected chi connectivity index (χ3v) is 5.85. The van der Waals surface area contributed by atoms with Gasteiger partial charge < -0.3 is 5.11 Å².